The largest absolute Gasteiger partial charge is 0.493 e. The van der Waals surface area contributed by atoms with Gasteiger partial charge in [0, 0.05) is 6.04 Å². The van der Waals surface area contributed by atoms with E-state index in [4.69, 9.17) is 21.1 Å². The van der Waals surface area contributed by atoms with Gasteiger partial charge >= 0.3 is 6.03 Å². The Balaban J connectivity index is 1.59. The highest BCUT2D eigenvalue weighted by molar-refractivity contribution is 6.33. The molecule has 178 valence electrons. The fraction of sp³-hybridized carbons (Fsp3) is 0.320. The third-order valence-electron chi connectivity index (χ3n) is 5.93. The van der Waals surface area contributed by atoms with Crippen LogP contribution in [0.1, 0.15) is 43.2 Å². The number of methoxy groups -OCH3 is 1. The molecule has 4 rings (SSSR count). The van der Waals surface area contributed by atoms with Crippen LogP contribution in [0.15, 0.2) is 42.0 Å². The van der Waals surface area contributed by atoms with Gasteiger partial charge in [0.15, 0.2) is 11.5 Å². The number of nitrogens with zero attached hydrogens (tertiary/aromatic N) is 1. The molecule has 1 heterocycles. The Labute approximate surface area is 201 Å². The predicted molar refractivity (Wildman–Crippen MR) is 124 cm³/mol. The lowest BCUT2D eigenvalue weighted by Crippen LogP contribution is -2.58. The summed E-state index contributed by atoms with van der Waals surface area (Å²) in [7, 11) is 1.44. The molecule has 34 heavy (non-hydrogen) atoms. The van der Waals surface area contributed by atoms with Gasteiger partial charge in [-0.1, -0.05) is 43.0 Å². The van der Waals surface area contributed by atoms with Gasteiger partial charge < -0.3 is 9.47 Å². The lowest BCUT2D eigenvalue weighted by atomic mass is 9.93. The summed E-state index contributed by atoms with van der Waals surface area (Å²) < 4.78 is 24.3. The first-order valence-corrected chi connectivity index (χ1v) is 11.4. The van der Waals surface area contributed by atoms with Crippen molar-refractivity contribution in [2.24, 2.45) is 0 Å². The Hall–Kier alpha value is -3.39. The van der Waals surface area contributed by atoms with Crippen LogP contribution in [0.25, 0.3) is 6.08 Å². The van der Waals surface area contributed by atoms with Crippen molar-refractivity contribution in [1.29, 1.82) is 0 Å². The van der Waals surface area contributed by atoms with E-state index in [0.29, 0.717) is 11.3 Å². The van der Waals surface area contributed by atoms with Crippen LogP contribution in [0.4, 0.5) is 9.18 Å². The fourth-order valence-corrected chi connectivity index (χ4v) is 4.48. The minimum atomic E-state index is -0.756. The number of carbonyl (C=O) groups excluding carboxylic acids is 3. The summed E-state index contributed by atoms with van der Waals surface area (Å²) in [6, 6.07) is 8.08. The number of halogens is 2. The molecule has 2 fully saturated rings. The first-order chi connectivity index (χ1) is 16.4. The monoisotopic (exact) mass is 486 g/mol. The number of carbonyl (C=O) groups is 3. The number of amides is 4. The molecule has 4 amide bonds. The van der Waals surface area contributed by atoms with Gasteiger partial charge in [0.2, 0.25) is 0 Å². The van der Waals surface area contributed by atoms with E-state index in [1.165, 1.54) is 25.3 Å². The maximum absolute atomic E-state index is 13.1. The van der Waals surface area contributed by atoms with E-state index in [1.807, 2.05) is 0 Å². The van der Waals surface area contributed by atoms with E-state index in [0.717, 1.165) is 42.6 Å². The molecule has 1 aliphatic heterocycles. The summed E-state index contributed by atoms with van der Waals surface area (Å²) in [4.78, 5) is 39.1. The molecule has 0 radical (unpaired) electrons. The van der Waals surface area contributed by atoms with E-state index in [9.17, 15) is 18.8 Å². The number of hydrogen-bond donors (Lipinski definition) is 1. The molecule has 9 heteroatoms. The Morgan fingerprint density at radius 2 is 1.82 bits per heavy atom. The lowest BCUT2D eigenvalue weighted by Gasteiger charge is -2.35. The van der Waals surface area contributed by atoms with Crippen LogP contribution in [0.2, 0.25) is 5.02 Å². The highest BCUT2D eigenvalue weighted by Gasteiger charge is 2.40. The van der Waals surface area contributed by atoms with Gasteiger partial charge in [0.1, 0.15) is 18.0 Å². The molecule has 0 bridgehead atoms. The summed E-state index contributed by atoms with van der Waals surface area (Å²) in [6.07, 6.45) is 5.76. The molecule has 1 saturated carbocycles. The van der Waals surface area contributed by atoms with Crippen molar-refractivity contribution in [2.75, 3.05) is 7.11 Å². The molecule has 2 aromatic rings. The first kappa shape index (κ1) is 23.8. The van der Waals surface area contributed by atoms with Crippen LogP contribution in [-0.2, 0) is 16.2 Å². The van der Waals surface area contributed by atoms with Crippen LogP contribution < -0.4 is 14.8 Å². The van der Waals surface area contributed by atoms with Gasteiger partial charge in [-0.2, -0.15) is 0 Å². The van der Waals surface area contributed by atoms with Crippen molar-refractivity contribution in [3.63, 3.8) is 0 Å². The number of hydrogen-bond acceptors (Lipinski definition) is 5. The third kappa shape index (κ3) is 5.07. The highest BCUT2D eigenvalue weighted by atomic mass is 35.5. The predicted octanol–water partition coefficient (Wildman–Crippen LogP) is 4.86. The van der Waals surface area contributed by atoms with Gasteiger partial charge in [-0.15, -0.1) is 0 Å². The molecule has 0 spiro atoms. The Morgan fingerprint density at radius 1 is 1.12 bits per heavy atom. The van der Waals surface area contributed by atoms with Gasteiger partial charge in [0.05, 0.1) is 12.1 Å². The third-order valence-corrected chi connectivity index (χ3v) is 6.21. The maximum atomic E-state index is 13.1. The lowest BCUT2D eigenvalue weighted by molar-refractivity contribution is -0.132. The summed E-state index contributed by atoms with van der Waals surface area (Å²) in [5.41, 5.74) is 1.03. The van der Waals surface area contributed by atoms with E-state index in [-0.39, 0.29) is 34.8 Å². The Kier molecular flexibility index (Phi) is 7.17. The number of urea groups is 1. The van der Waals surface area contributed by atoms with Gasteiger partial charge in [0.25, 0.3) is 11.8 Å². The zero-order valence-electron chi connectivity index (χ0n) is 18.6. The molecule has 1 aliphatic carbocycles. The van der Waals surface area contributed by atoms with Crippen LogP contribution >= 0.6 is 11.6 Å². The topological polar surface area (TPSA) is 84.9 Å². The molecule has 1 N–H and O–H groups in total. The molecule has 1 saturated heterocycles. The van der Waals surface area contributed by atoms with Crippen molar-refractivity contribution in [3.8, 4) is 11.5 Å². The average molecular weight is 487 g/mol. The number of rotatable bonds is 6. The molecular weight excluding hydrogens is 463 g/mol. The molecule has 0 unspecified atom stereocenters. The summed E-state index contributed by atoms with van der Waals surface area (Å²) >= 11 is 6.42. The van der Waals surface area contributed by atoms with Crippen molar-refractivity contribution in [2.45, 2.75) is 44.8 Å². The minimum absolute atomic E-state index is 0.135. The minimum Gasteiger partial charge on any atom is -0.493 e. The zero-order chi connectivity index (χ0) is 24.2. The van der Waals surface area contributed by atoms with Crippen molar-refractivity contribution in [3.05, 3.63) is 63.9 Å². The van der Waals surface area contributed by atoms with Gasteiger partial charge in [-0.3, -0.25) is 19.8 Å². The zero-order valence-corrected chi connectivity index (χ0v) is 19.4. The second-order valence-electron chi connectivity index (χ2n) is 8.23. The van der Waals surface area contributed by atoms with E-state index >= 15 is 0 Å². The quantitative estimate of drug-likeness (QED) is 0.465. The standard InChI is InChI=1S/C25H24ClFN2O5/c1-33-21-13-16(12-20(26)22(21)34-14-15-7-9-17(27)10-8-15)11-19-23(30)28-25(32)29(24(19)31)18-5-3-2-4-6-18/h7-13,18H,2-6,14H2,1H3,(H,28,30,32). The van der Waals surface area contributed by atoms with Crippen LogP contribution in [0.3, 0.4) is 0 Å². The number of imide groups is 2. The van der Waals surface area contributed by atoms with Crippen LogP contribution in [0.5, 0.6) is 11.5 Å². The van der Waals surface area contributed by atoms with Gasteiger partial charge in [-0.25, -0.2) is 9.18 Å². The number of ether oxygens (including phenoxy) is 2. The molecule has 7 nitrogen and oxygen atoms in total. The van der Waals surface area contributed by atoms with Crippen LogP contribution in [-0.4, -0.2) is 35.9 Å². The molecule has 0 atom stereocenters. The van der Waals surface area contributed by atoms with Crippen LogP contribution in [0, 0.1) is 5.82 Å². The SMILES string of the molecule is COc1cc(C=C2C(=O)NC(=O)N(C3CCCCC3)C2=O)cc(Cl)c1OCc1ccc(F)cc1. The maximum Gasteiger partial charge on any atom is 0.331 e. The molecule has 2 aliphatic rings. The van der Waals surface area contributed by atoms with Crippen molar-refractivity contribution < 1.29 is 28.2 Å². The Bertz CT molecular complexity index is 1140. The van der Waals surface area contributed by atoms with E-state index < -0.39 is 17.8 Å². The summed E-state index contributed by atoms with van der Waals surface area (Å²) in [5.74, 6) is -1.15. The number of barbiturate groups is 1. The fourth-order valence-electron chi connectivity index (χ4n) is 4.21. The van der Waals surface area contributed by atoms with E-state index in [1.54, 1.807) is 24.3 Å². The highest BCUT2D eigenvalue weighted by Crippen LogP contribution is 2.38. The van der Waals surface area contributed by atoms with Gasteiger partial charge in [-0.05, 0) is 54.3 Å². The Morgan fingerprint density at radius 3 is 2.50 bits per heavy atom. The molecular formula is C25H24ClFN2O5. The summed E-state index contributed by atoms with van der Waals surface area (Å²) in [5, 5.41) is 2.47. The average Bonchev–Trinajstić information content (AvgIpc) is 2.82. The van der Waals surface area contributed by atoms with Crippen molar-refractivity contribution in [1.82, 2.24) is 10.2 Å². The van der Waals surface area contributed by atoms with Crippen molar-refractivity contribution >= 4 is 35.5 Å². The smallest absolute Gasteiger partial charge is 0.331 e. The first-order valence-electron chi connectivity index (χ1n) is 11.0. The second kappa shape index (κ2) is 10.3. The summed E-state index contributed by atoms with van der Waals surface area (Å²) in [6.45, 7) is 0.135. The second-order valence-corrected chi connectivity index (χ2v) is 8.64. The molecule has 0 aromatic heterocycles. The van der Waals surface area contributed by atoms with E-state index in [2.05, 4.69) is 5.32 Å². The number of nitrogens with one attached hydrogen (secondary N) is 1. The normalized spacial score (nSPS) is 18.3. The molecule has 2 aromatic carbocycles. The number of benzene rings is 2.